The van der Waals surface area contributed by atoms with Crippen molar-refractivity contribution in [2.45, 2.75) is 69.6 Å². The SMILES string of the molecule is CCN(C1CCNCC1)C1CCOC2(CCC2)C1. The number of nitrogens with one attached hydrogen (secondary N) is 1. The number of nitrogens with zero attached hydrogens (tertiary/aromatic N) is 1. The van der Waals surface area contributed by atoms with Crippen LogP contribution in [0.3, 0.4) is 0 Å². The number of piperidine rings is 1. The zero-order chi connectivity index (χ0) is 12.4. The maximum Gasteiger partial charge on any atom is 0.0697 e. The Balaban J connectivity index is 1.63. The molecule has 1 N–H and O–H groups in total. The molecule has 1 unspecified atom stereocenters. The van der Waals surface area contributed by atoms with Crippen molar-refractivity contribution in [1.29, 1.82) is 0 Å². The largest absolute Gasteiger partial charge is 0.375 e. The summed E-state index contributed by atoms with van der Waals surface area (Å²) in [5, 5.41) is 3.48. The molecule has 0 amide bonds. The van der Waals surface area contributed by atoms with Crippen molar-refractivity contribution in [3.05, 3.63) is 0 Å². The lowest BCUT2D eigenvalue weighted by atomic mass is 9.73. The Bertz CT molecular complexity index is 272. The summed E-state index contributed by atoms with van der Waals surface area (Å²) in [5.41, 5.74) is 0.295. The molecule has 3 nitrogen and oxygen atoms in total. The van der Waals surface area contributed by atoms with Gasteiger partial charge in [0.15, 0.2) is 0 Å². The fraction of sp³-hybridized carbons (Fsp3) is 1.00. The first-order chi connectivity index (χ1) is 8.83. The van der Waals surface area contributed by atoms with E-state index in [0.717, 1.165) is 18.7 Å². The summed E-state index contributed by atoms with van der Waals surface area (Å²) >= 11 is 0. The Morgan fingerprint density at radius 1 is 1.17 bits per heavy atom. The van der Waals surface area contributed by atoms with Crippen LogP contribution in [0.4, 0.5) is 0 Å². The Morgan fingerprint density at radius 3 is 2.56 bits per heavy atom. The predicted molar refractivity (Wildman–Crippen MR) is 73.8 cm³/mol. The average molecular weight is 252 g/mol. The third-order valence-corrected chi connectivity index (χ3v) is 5.34. The summed E-state index contributed by atoms with van der Waals surface area (Å²) in [4.78, 5) is 2.80. The van der Waals surface area contributed by atoms with Gasteiger partial charge >= 0.3 is 0 Å². The van der Waals surface area contributed by atoms with Crippen LogP contribution in [0, 0.1) is 0 Å². The minimum Gasteiger partial charge on any atom is -0.375 e. The molecule has 3 aliphatic rings. The second-order valence-corrected chi connectivity index (χ2v) is 6.34. The summed E-state index contributed by atoms with van der Waals surface area (Å²) in [6.07, 6.45) is 9.22. The van der Waals surface area contributed by atoms with E-state index in [9.17, 15) is 0 Å². The van der Waals surface area contributed by atoms with Crippen LogP contribution in [0.2, 0.25) is 0 Å². The van der Waals surface area contributed by atoms with E-state index in [1.165, 1.54) is 64.6 Å². The standard InChI is InChI=1S/C15H28N2O/c1-2-17(13-4-9-16-10-5-13)14-6-11-18-15(12-14)7-3-8-15/h13-14,16H,2-12H2,1H3. The van der Waals surface area contributed by atoms with Gasteiger partial charge in [0, 0.05) is 18.7 Å². The molecule has 1 aliphatic carbocycles. The number of hydrogen-bond donors (Lipinski definition) is 1. The summed E-state index contributed by atoms with van der Waals surface area (Å²) in [5.74, 6) is 0. The molecule has 18 heavy (non-hydrogen) atoms. The van der Waals surface area contributed by atoms with Crippen LogP contribution in [0.1, 0.15) is 51.9 Å². The average Bonchev–Trinajstić information content (AvgIpc) is 2.39. The Labute approximate surface area is 111 Å². The molecule has 104 valence electrons. The third-order valence-electron chi connectivity index (χ3n) is 5.34. The molecule has 1 saturated carbocycles. The smallest absolute Gasteiger partial charge is 0.0697 e. The van der Waals surface area contributed by atoms with Crippen LogP contribution in [-0.4, -0.2) is 48.8 Å². The lowest BCUT2D eigenvalue weighted by Crippen LogP contribution is -2.55. The first kappa shape index (κ1) is 12.9. The van der Waals surface area contributed by atoms with Crippen LogP contribution in [0.25, 0.3) is 0 Å². The molecule has 0 aromatic rings. The number of hydrogen-bond acceptors (Lipinski definition) is 3. The number of ether oxygens (including phenoxy) is 1. The van der Waals surface area contributed by atoms with Crippen molar-refractivity contribution in [2.75, 3.05) is 26.2 Å². The van der Waals surface area contributed by atoms with E-state index in [1.54, 1.807) is 0 Å². The summed E-state index contributed by atoms with van der Waals surface area (Å²) < 4.78 is 6.07. The van der Waals surface area contributed by atoms with E-state index >= 15 is 0 Å². The molecule has 0 radical (unpaired) electrons. The lowest BCUT2D eigenvalue weighted by molar-refractivity contribution is -0.152. The van der Waals surface area contributed by atoms with Gasteiger partial charge < -0.3 is 10.1 Å². The van der Waals surface area contributed by atoms with Gasteiger partial charge in [-0.25, -0.2) is 0 Å². The monoisotopic (exact) mass is 252 g/mol. The predicted octanol–water partition coefficient (Wildman–Crippen LogP) is 2.16. The van der Waals surface area contributed by atoms with Crippen LogP contribution in [0.15, 0.2) is 0 Å². The normalized spacial score (nSPS) is 32.7. The molecule has 3 rings (SSSR count). The highest BCUT2D eigenvalue weighted by Gasteiger charge is 2.44. The molecule has 3 fully saturated rings. The highest BCUT2D eigenvalue weighted by molar-refractivity contribution is 4.97. The van der Waals surface area contributed by atoms with Crippen molar-refractivity contribution in [3.8, 4) is 0 Å². The van der Waals surface area contributed by atoms with Gasteiger partial charge in [0.05, 0.1) is 5.60 Å². The zero-order valence-electron chi connectivity index (χ0n) is 11.8. The second-order valence-electron chi connectivity index (χ2n) is 6.34. The van der Waals surface area contributed by atoms with Gasteiger partial charge in [-0.3, -0.25) is 4.90 Å². The van der Waals surface area contributed by atoms with Gasteiger partial charge in [0.2, 0.25) is 0 Å². The summed E-state index contributed by atoms with van der Waals surface area (Å²) in [6, 6.07) is 1.60. The van der Waals surface area contributed by atoms with E-state index in [4.69, 9.17) is 4.74 Å². The zero-order valence-corrected chi connectivity index (χ0v) is 11.8. The molecule has 2 heterocycles. The molecular weight excluding hydrogens is 224 g/mol. The summed E-state index contributed by atoms with van der Waals surface area (Å²) in [6.45, 7) is 6.95. The lowest BCUT2D eigenvalue weighted by Gasteiger charge is -2.51. The number of rotatable bonds is 3. The minimum atomic E-state index is 0.295. The molecule has 0 aromatic carbocycles. The maximum absolute atomic E-state index is 6.07. The fourth-order valence-corrected chi connectivity index (χ4v) is 4.16. The topological polar surface area (TPSA) is 24.5 Å². The quantitative estimate of drug-likeness (QED) is 0.833. The van der Waals surface area contributed by atoms with E-state index in [-0.39, 0.29) is 0 Å². The van der Waals surface area contributed by atoms with Gasteiger partial charge in [-0.1, -0.05) is 6.92 Å². The van der Waals surface area contributed by atoms with Gasteiger partial charge in [0.25, 0.3) is 0 Å². The van der Waals surface area contributed by atoms with E-state index in [1.807, 2.05) is 0 Å². The minimum absolute atomic E-state index is 0.295. The summed E-state index contributed by atoms with van der Waals surface area (Å²) in [7, 11) is 0. The van der Waals surface area contributed by atoms with E-state index in [0.29, 0.717) is 5.60 Å². The van der Waals surface area contributed by atoms with Crippen molar-refractivity contribution in [1.82, 2.24) is 10.2 Å². The Hall–Kier alpha value is -0.120. The van der Waals surface area contributed by atoms with Gasteiger partial charge in [-0.2, -0.15) is 0 Å². The van der Waals surface area contributed by atoms with Gasteiger partial charge in [-0.15, -0.1) is 0 Å². The van der Waals surface area contributed by atoms with Crippen molar-refractivity contribution in [2.24, 2.45) is 0 Å². The van der Waals surface area contributed by atoms with E-state index in [2.05, 4.69) is 17.1 Å². The molecule has 1 atom stereocenters. The van der Waals surface area contributed by atoms with Gasteiger partial charge in [0.1, 0.15) is 0 Å². The van der Waals surface area contributed by atoms with Crippen molar-refractivity contribution < 1.29 is 4.74 Å². The Morgan fingerprint density at radius 2 is 1.94 bits per heavy atom. The van der Waals surface area contributed by atoms with Crippen LogP contribution in [-0.2, 0) is 4.74 Å². The highest BCUT2D eigenvalue weighted by atomic mass is 16.5. The highest BCUT2D eigenvalue weighted by Crippen LogP contribution is 2.43. The van der Waals surface area contributed by atoms with Crippen molar-refractivity contribution >= 4 is 0 Å². The van der Waals surface area contributed by atoms with Crippen molar-refractivity contribution in [3.63, 3.8) is 0 Å². The molecular formula is C15H28N2O. The molecule has 3 heteroatoms. The Kier molecular flexibility index (Phi) is 3.92. The van der Waals surface area contributed by atoms with E-state index < -0.39 is 0 Å². The second kappa shape index (κ2) is 5.48. The first-order valence-electron chi connectivity index (χ1n) is 7.93. The molecule has 1 spiro atoms. The van der Waals surface area contributed by atoms with Gasteiger partial charge in [-0.05, 0) is 64.6 Å². The third kappa shape index (κ3) is 2.45. The molecule has 2 saturated heterocycles. The van der Waals surface area contributed by atoms with Crippen LogP contribution >= 0.6 is 0 Å². The fourth-order valence-electron chi connectivity index (χ4n) is 4.16. The first-order valence-corrected chi connectivity index (χ1v) is 7.93. The molecule has 0 bridgehead atoms. The van der Waals surface area contributed by atoms with Crippen LogP contribution < -0.4 is 5.32 Å². The maximum atomic E-state index is 6.07. The molecule has 2 aliphatic heterocycles. The van der Waals surface area contributed by atoms with Crippen LogP contribution in [0.5, 0.6) is 0 Å². The molecule has 0 aromatic heterocycles.